The fraction of sp³-hybridized carbons (Fsp3) is 0.364. The Morgan fingerprint density at radius 3 is 2.30 bits per heavy atom. The van der Waals surface area contributed by atoms with Gasteiger partial charge in [0.2, 0.25) is 5.91 Å². The minimum absolute atomic E-state index is 0.250. The van der Waals surface area contributed by atoms with Crippen LogP contribution in [0.1, 0.15) is 6.92 Å². The molecule has 0 aromatic heterocycles. The van der Waals surface area contributed by atoms with Crippen molar-refractivity contribution in [1.82, 2.24) is 5.32 Å². The first-order valence-electron chi connectivity index (χ1n) is 5.35. The predicted octanol–water partition coefficient (Wildman–Crippen LogP) is 4.23. The summed E-state index contributed by atoms with van der Waals surface area (Å²) in [5.41, 5.74) is 0.284. The molecule has 1 aromatic rings. The van der Waals surface area contributed by atoms with E-state index in [1.165, 1.54) is 6.92 Å². The summed E-state index contributed by atoms with van der Waals surface area (Å²) in [6, 6.07) is 2.18. The number of halogens is 6. The standard InChI is InChI=1S/C11H10BrCl2F3N2O/c1-5(10(20)18-4-11(15,16)17)19-9-7(13)2-6(12)3-8(9)14/h2-3,5,19H,4H2,1H3,(H,18,20). The molecule has 1 rings (SSSR count). The second-order valence-corrected chi connectivity index (χ2v) is 5.67. The van der Waals surface area contributed by atoms with Gasteiger partial charge in [0.25, 0.3) is 0 Å². The lowest BCUT2D eigenvalue weighted by atomic mass is 10.2. The minimum atomic E-state index is -4.46. The van der Waals surface area contributed by atoms with E-state index in [9.17, 15) is 18.0 Å². The second kappa shape index (κ2) is 6.87. The van der Waals surface area contributed by atoms with Gasteiger partial charge in [0.1, 0.15) is 12.6 Å². The minimum Gasteiger partial charge on any atom is -0.371 e. The van der Waals surface area contributed by atoms with Crippen LogP contribution >= 0.6 is 39.1 Å². The molecule has 1 amide bonds. The summed E-state index contributed by atoms with van der Waals surface area (Å²) in [5.74, 6) is -0.808. The van der Waals surface area contributed by atoms with Gasteiger partial charge < -0.3 is 10.6 Å². The van der Waals surface area contributed by atoms with Crippen LogP contribution in [-0.4, -0.2) is 24.7 Å². The van der Waals surface area contributed by atoms with Crippen LogP contribution < -0.4 is 10.6 Å². The quantitative estimate of drug-likeness (QED) is 0.803. The molecule has 20 heavy (non-hydrogen) atoms. The van der Waals surface area contributed by atoms with E-state index >= 15 is 0 Å². The van der Waals surface area contributed by atoms with E-state index in [2.05, 4.69) is 21.2 Å². The molecule has 0 saturated heterocycles. The molecular formula is C11H10BrCl2F3N2O. The van der Waals surface area contributed by atoms with E-state index in [-0.39, 0.29) is 15.7 Å². The summed E-state index contributed by atoms with van der Waals surface area (Å²) in [7, 11) is 0. The van der Waals surface area contributed by atoms with Gasteiger partial charge in [-0.1, -0.05) is 39.1 Å². The number of alkyl halides is 3. The van der Waals surface area contributed by atoms with Crippen LogP contribution in [0, 0.1) is 0 Å². The number of anilines is 1. The molecule has 1 unspecified atom stereocenters. The fourth-order valence-corrected chi connectivity index (χ4v) is 2.62. The number of hydrogen-bond donors (Lipinski definition) is 2. The molecule has 1 atom stereocenters. The molecule has 1 aromatic carbocycles. The Morgan fingerprint density at radius 1 is 1.35 bits per heavy atom. The van der Waals surface area contributed by atoms with E-state index in [0.717, 1.165) is 0 Å². The van der Waals surface area contributed by atoms with Crippen molar-refractivity contribution < 1.29 is 18.0 Å². The summed E-state index contributed by atoms with van der Waals surface area (Å²) in [6.07, 6.45) is -4.46. The third-order valence-corrected chi connectivity index (χ3v) is 3.28. The maximum Gasteiger partial charge on any atom is 0.405 e. The van der Waals surface area contributed by atoms with Crippen LogP contribution in [0.2, 0.25) is 10.0 Å². The normalized spacial score (nSPS) is 12.9. The molecular weight excluding hydrogens is 384 g/mol. The zero-order valence-electron chi connectivity index (χ0n) is 10.1. The van der Waals surface area contributed by atoms with Crippen molar-refractivity contribution in [3.8, 4) is 0 Å². The fourth-order valence-electron chi connectivity index (χ4n) is 1.30. The van der Waals surface area contributed by atoms with Gasteiger partial charge in [-0.3, -0.25) is 4.79 Å². The number of benzene rings is 1. The molecule has 0 heterocycles. The molecule has 2 N–H and O–H groups in total. The van der Waals surface area contributed by atoms with Gasteiger partial charge in [0, 0.05) is 4.47 Å². The van der Waals surface area contributed by atoms with Gasteiger partial charge in [0.05, 0.1) is 15.7 Å². The van der Waals surface area contributed by atoms with Gasteiger partial charge in [-0.05, 0) is 19.1 Å². The molecule has 0 aliphatic carbocycles. The maximum absolute atomic E-state index is 12.0. The summed E-state index contributed by atoms with van der Waals surface area (Å²) >= 11 is 15.1. The largest absolute Gasteiger partial charge is 0.405 e. The van der Waals surface area contributed by atoms with Gasteiger partial charge in [0.15, 0.2) is 0 Å². The summed E-state index contributed by atoms with van der Waals surface area (Å²) in [4.78, 5) is 11.5. The van der Waals surface area contributed by atoms with Crippen LogP contribution in [0.15, 0.2) is 16.6 Å². The highest BCUT2D eigenvalue weighted by Crippen LogP contribution is 2.34. The highest BCUT2D eigenvalue weighted by Gasteiger charge is 2.28. The second-order valence-electron chi connectivity index (χ2n) is 3.94. The van der Waals surface area contributed by atoms with Crippen molar-refractivity contribution in [2.45, 2.75) is 19.1 Å². The zero-order chi connectivity index (χ0) is 15.5. The van der Waals surface area contributed by atoms with Gasteiger partial charge in [-0.25, -0.2) is 0 Å². The zero-order valence-corrected chi connectivity index (χ0v) is 13.2. The van der Waals surface area contributed by atoms with Crippen LogP contribution in [0.5, 0.6) is 0 Å². The van der Waals surface area contributed by atoms with E-state index in [0.29, 0.717) is 4.47 Å². The van der Waals surface area contributed by atoms with Crippen molar-refractivity contribution in [3.63, 3.8) is 0 Å². The molecule has 0 aliphatic rings. The summed E-state index contributed by atoms with van der Waals surface area (Å²) in [6.45, 7) is 0.0140. The number of amides is 1. The average Bonchev–Trinajstić information content (AvgIpc) is 2.29. The van der Waals surface area contributed by atoms with Crippen LogP contribution in [0.3, 0.4) is 0 Å². The molecule has 0 aliphatic heterocycles. The Morgan fingerprint density at radius 2 is 1.85 bits per heavy atom. The number of rotatable bonds is 4. The summed E-state index contributed by atoms with van der Waals surface area (Å²) < 4.78 is 36.6. The summed E-state index contributed by atoms with van der Waals surface area (Å²) in [5, 5.41) is 4.95. The molecule has 112 valence electrons. The van der Waals surface area contributed by atoms with Gasteiger partial charge in [-0.15, -0.1) is 0 Å². The smallest absolute Gasteiger partial charge is 0.371 e. The van der Waals surface area contributed by atoms with Crippen molar-refractivity contribution in [2.24, 2.45) is 0 Å². The highest BCUT2D eigenvalue weighted by atomic mass is 79.9. The number of carbonyl (C=O) groups excluding carboxylic acids is 1. The Bertz CT molecular complexity index is 488. The number of hydrogen-bond acceptors (Lipinski definition) is 2. The first-order valence-corrected chi connectivity index (χ1v) is 6.90. The maximum atomic E-state index is 12.0. The Kier molecular flexibility index (Phi) is 5.97. The Hall–Kier alpha value is -0.660. The monoisotopic (exact) mass is 392 g/mol. The first-order chi connectivity index (χ1) is 9.10. The van der Waals surface area contributed by atoms with Crippen molar-refractivity contribution >= 4 is 50.7 Å². The average molecular weight is 394 g/mol. The molecule has 3 nitrogen and oxygen atoms in total. The van der Waals surface area contributed by atoms with Gasteiger partial charge in [-0.2, -0.15) is 13.2 Å². The Labute approximate surface area is 131 Å². The first kappa shape index (κ1) is 17.4. The van der Waals surface area contributed by atoms with Crippen molar-refractivity contribution in [3.05, 3.63) is 26.7 Å². The highest BCUT2D eigenvalue weighted by molar-refractivity contribution is 9.10. The molecule has 0 radical (unpaired) electrons. The lowest BCUT2D eigenvalue weighted by molar-refractivity contribution is -0.138. The lowest BCUT2D eigenvalue weighted by Crippen LogP contribution is -2.42. The van der Waals surface area contributed by atoms with Crippen LogP contribution in [0.25, 0.3) is 0 Å². The number of carbonyl (C=O) groups is 1. The SMILES string of the molecule is CC(Nc1c(Cl)cc(Br)cc1Cl)C(=O)NCC(F)(F)F. The lowest BCUT2D eigenvalue weighted by Gasteiger charge is -2.18. The Balaban J connectivity index is 2.71. The molecule has 0 bridgehead atoms. The molecule has 0 spiro atoms. The van der Waals surface area contributed by atoms with Gasteiger partial charge >= 0.3 is 6.18 Å². The molecule has 9 heteroatoms. The predicted molar refractivity (Wildman–Crippen MR) is 76.3 cm³/mol. The third kappa shape index (κ3) is 5.38. The molecule has 0 saturated carbocycles. The van der Waals surface area contributed by atoms with E-state index in [4.69, 9.17) is 23.2 Å². The topological polar surface area (TPSA) is 41.1 Å². The third-order valence-electron chi connectivity index (χ3n) is 2.22. The van der Waals surface area contributed by atoms with Crippen LogP contribution in [0.4, 0.5) is 18.9 Å². The van der Waals surface area contributed by atoms with E-state index < -0.39 is 24.7 Å². The van der Waals surface area contributed by atoms with E-state index in [1.807, 2.05) is 0 Å². The molecule has 0 fully saturated rings. The van der Waals surface area contributed by atoms with Crippen molar-refractivity contribution in [2.75, 3.05) is 11.9 Å². The van der Waals surface area contributed by atoms with Crippen LogP contribution in [-0.2, 0) is 4.79 Å². The van der Waals surface area contributed by atoms with Crippen molar-refractivity contribution in [1.29, 1.82) is 0 Å². The number of nitrogens with one attached hydrogen (secondary N) is 2. The van der Waals surface area contributed by atoms with E-state index in [1.54, 1.807) is 17.4 Å².